The van der Waals surface area contributed by atoms with Crippen LogP contribution in [0, 0.1) is 5.92 Å². The quantitative estimate of drug-likeness (QED) is 0.758. The smallest absolute Gasteiger partial charge is 0.0844 e. The number of aliphatic hydroxyl groups excluding tert-OH is 2. The molecule has 1 aromatic rings. The van der Waals surface area contributed by atoms with Crippen LogP contribution >= 0.6 is 0 Å². The molecule has 0 unspecified atom stereocenters. The second kappa shape index (κ2) is 5.67. The van der Waals surface area contributed by atoms with E-state index in [-0.39, 0.29) is 11.7 Å². The van der Waals surface area contributed by atoms with Crippen LogP contribution in [0.5, 0.6) is 0 Å². The van der Waals surface area contributed by atoms with E-state index in [4.69, 9.17) is 12.6 Å². The summed E-state index contributed by atoms with van der Waals surface area (Å²) in [5, 5.41) is 19.2. The lowest BCUT2D eigenvalue weighted by molar-refractivity contribution is -0.0113. The van der Waals surface area contributed by atoms with Gasteiger partial charge in [0.05, 0.1) is 33.3 Å². The van der Waals surface area contributed by atoms with Gasteiger partial charge in [0.15, 0.2) is 0 Å². The zero-order valence-electron chi connectivity index (χ0n) is 9.70. The van der Waals surface area contributed by atoms with Crippen LogP contribution in [0.25, 0.3) is 0 Å². The summed E-state index contributed by atoms with van der Waals surface area (Å²) < 4.78 is 5.54. The van der Waals surface area contributed by atoms with Gasteiger partial charge in [0, 0.05) is 5.92 Å². The van der Waals surface area contributed by atoms with Gasteiger partial charge in [0.25, 0.3) is 0 Å². The summed E-state index contributed by atoms with van der Waals surface area (Å²) in [5.41, 5.74) is 1.09. The molecule has 0 aliphatic heterocycles. The summed E-state index contributed by atoms with van der Waals surface area (Å²) in [5.74, 6) is -0.357. The maximum Gasteiger partial charge on any atom is 0.0844 e. The minimum absolute atomic E-state index is 0.172. The summed E-state index contributed by atoms with van der Waals surface area (Å²) in [4.78, 5) is 0. The maximum absolute atomic E-state index is 9.72. The molecule has 0 amide bonds. The van der Waals surface area contributed by atoms with E-state index in [9.17, 15) is 10.2 Å². The zero-order chi connectivity index (χ0) is 12.3. The molecule has 1 aliphatic rings. The zero-order valence-corrected chi connectivity index (χ0v) is 9.70. The molecule has 2 N–H and O–H groups in total. The minimum atomic E-state index is -0.763. The van der Waals surface area contributed by atoms with Gasteiger partial charge < -0.3 is 14.9 Å². The lowest BCUT2D eigenvalue weighted by atomic mass is 9.79. The van der Waals surface area contributed by atoms with Crippen molar-refractivity contribution in [2.24, 2.45) is 5.92 Å². The Morgan fingerprint density at radius 3 is 2.53 bits per heavy atom. The molecule has 1 aromatic carbocycles. The van der Waals surface area contributed by atoms with Crippen LogP contribution in [0.15, 0.2) is 30.3 Å². The van der Waals surface area contributed by atoms with E-state index in [0.29, 0.717) is 19.6 Å². The van der Waals surface area contributed by atoms with Crippen LogP contribution < -0.4 is 0 Å². The fourth-order valence-corrected chi connectivity index (χ4v) is 2.24. The molecule has 0 heterocycles. The largest absolute Gasteiger partial charge is 0.390 e. The van der Waals surface area contributed by atoms with Crippen molar-refractivity contribution in [3.8, 4) is 0 Å². The Morgan fingerprint density at radius 1 is 1.24 bits per heavy atom. The van der Waals surface area contributed by atoms with Gasteiger partial charge in [0.1, 0.15) is 0 Å². The van der Waals surface area contributed by atoms with Crippen molar-refractivity contribution in [1.82, 2.24) is 0 Å². The van der Waals surface area contributed by atoms with Gasteiger partial charge in [-0.25, -0.2) is 0 Å². The SMILES string of the molecule is [B][C@H]1C[C@H](O)[C@H](O)[C@H]1COCc1ccccc1. The van der Waals surface area contributed by atoms with E-state index < -0.39 is 12.2 Å². The average Bonchev–Trinajstić information content (AvgIpc) is 2.57. The molecule has 90 valence electrons. The van der Waals surface area contributed by atoms with Crippen molar-refractivity contribution in [3.05, 3.63) is 35.9 Å². The Bertz CT molecular complexity index is 344. The topological polar surface area (TPSA) is 49.7 Å². The molecule has 1 fully saturated rings. The lowest BCUT2D eigenvalue weighted by Crippen LogP contribution is -2.28. The molecule has 4 heteroatoms. The highest BCUT2D eigenvalue weighted by atomic mass is 16.5. The van der Waals surface area contributed by atoms with Crippen LogP contribution in [0.3, 0.4) is 0 Å². The molecule has 2 rings (SSSR count). The highest BCUT2D eigenvalue weighted by Gasteiger charge is 2.38. The Kier molecular flexibility index (Phi) is 4.21. The normalized spacial score (nSPS) is 32.8. The molecule has 0 saturated heterocycles. The Balaban J connectivity index is 1.79. The van der Waals surface area contributed by atoms with Gasteiger partial charge in [0.2, 0.25) is 0 Å². The number of benzene rings is 1. The van der Waals surface area contributed by atoms with E-state index in [1.165, 1.54) is 0 Å². The van der Waals surface area contributed by atoms with E-state index in [1.54, 1.807) is 0 Å². The number of hydrogen-bond acceptors (Lipinski definition) is 3. The van der Waals surface area contributed by atoms with Crippen LogP contribution in [-0.4, -0.2) is 36.9 Å². The molecule has 2 radical (unpaired) electrons. The summed E-state index contributed by atoms with van der Waals surface area (Å²) in [7, 11) is 5.84. The molecule has 0 spiro atoms. The van der Waals surface area contributed by atoms with Crippen molar-refractivity contribution in [1.29, 1.82) is 0 Å². The Morgan fingerprint density at radius 2 is 1.94 bits per heavy atom. The third kappa shape index (κ3) is 3.09. The summed E-state index contributed by atoms with van der Waals surface area (Å²) in [6.07, 6.45) is -1.03. The second-order valence-electron chi connectivity index (χ2n) is 4.62. The van der Waals surface area contributed by atoms with Crippen molar-refractivity contribution in [3.63, 3.8) is 0 Å². The third-order valence-corrected chi connectivity index (χ3v) is 3.32. The average molecular weight is 232 g/mol. The van der Waals surface area contributed by atoms with Gasteiger partial charge in [-0.2, -0.15) is 0 Å². The number of rotatable bonds is 4. The molecule has 1 saturated carbocycles. The predicted octanol–water partition coefficient (Wildman–Crippen LogP) is 0.902. The standard InChI is InChI=1S/C13H17BO3/c14-11-6-12(15)13(16)10(11)8-17-7-9-4-2-1-3-5-9/h1-5,10-13,15-16H,6-8H2/t10-,11-,12-,13+/m0/s1. The minimum Gasteiger partial charge on any atom is -0.390 e. The van der Waals surface area contributed by atoms with Crippen molar-refractivity contribution in [2.45, 2.75) is 31.1 Å². The number of ether oxygens (including phenoxy) is 1. The first-order valence-corrected chi connectivity index (χ1v) is 5.92. The fourth-order valence-electron chi connectivity index (χ4n) is 2.24. The van der Waals surface area contributed by atoms with E-state index in [0.717, 1.165) is 5.56 Å². The molecule has 0 aromatic heterocycles. The molecular weight excluding hydrogens is 215 g/mol. The fraction of sp³-hybridized carbons (Fsp3) is 0.538. The van der Waals surface area contributed by atoms with Gasteiger partial charge in [-0.1, -0.05) is 36.1 Å². The van der Waals surface area contributed by atoms with E-state index >= 15 is 0 Å². The molecule has 1 aliphatic carbocycles. The highest BCUT2D eigenvalue weighted by Crippen LogP contribution is 2.35. The van der Waals surface area contributed by atoms with Crippen LogP contribution in [0.1, 0.15) is 12.0 Å². The van der Waals surface area contributed by atoms with E-state index in [1.807, 2.05) is 30.3 Å². The van der Waals surface area contributed by atoms with Gasteiger partial charge in [-0.3, -0.25) is 0 Å². The van der Waals surface area contributed by atoms with Crippen molar-refractivity contribution < 1.29 is 14.9 Å². The summed E-state index contributed by atoms with van der Waals surface area (Å²) >= 11 is 0. The molecule has 0 bridgehead atoms. The third-order valence-electron chi connectivity index (χ3n) is 3.32. The molecule has 3 nitrogen and oxygen atoms in total. The van der Waals surface area contributed by atoms with Crippen LogP contribution in [0.2, 0.25) is 5.82 Å². The molecule has 17 heavy (non-hydrogen) atoms. The lowest BCUT2D eigenvalue weighted by Gasteiger charge is -2.19. The number of aliphatic hydroxyl groups is 2. The second-order valence-corrected chi connectivity index (χ2v) is 4.62. The van der Waals surface area contributed by atoms with Gasteiger partial charge in [-0.05, 0) is 12.0 Å². The molecule has 4 atom stereocenters. The Hall–Kier alpha value is -0.835. The summed E-state index contributed by atoms with van der Waals surface area (Å²) in [6.45, 7) is 0.890. The van der Waals surface area contributed by atoms with Crippen molar-refractivity contribution >= 4 is 7.85 Å². The van der Waals surface area contributed by atoms with Crippen LogP contribution in [0.4, 0.5) is 0 Å². The monoisotopic (exact) mass is 232 g/mol. The van der Waals surface area contributed by atoms with Gasteiger partial charge in [-0.15, -0.1) is 0 Å². The molecular formula is C13H17BO3. The summed E-state index contributed by atoms with van der Waals surface area (Å²) in [6, 6.07) is 9.84. The van der Waals surface area contributed by atoms with Crippen LogP contribution in [-0.2, 0) is 11.3 Å². The van der Waals surface area contributed by atoms with Gasteiger partial charge >= 0.3 is 0 Å². The predicted molar refractivity (Wildman–Crippen MR) is 65.7 cm³/mol. The number of hydrogen-bond donors (Lipinski definition) is 2. The highest BCUT2D eigenvalue weighted by molar-refractivity contribution is 6.12. The first kappa shape index (κ1) is 12.6. The first-order chi connectivity index (χ1) is 8.18. The van der Waals surface area contributed by atoms with E-state index in [2.05, 4.69) is 0 Å². The maximum atomic E-state index is 9.72. The first-order valence-electron chi connectivity index (χ1n) is 5.92. The Labute approximate surface area is 103 Å². The van der Waals surface area contributed by atoms with Crippen molar-refractivity contribution in [2.75, 3.05) is 6.61 Å².